The number of nitrogens with one attached hydrogen (secondary N) is 2. The van der Waals surface area contributed by atoms with Gasteiger partial charge in [0, 0.05) is 29.7 Å². The summed E-state index contributed by atoms with van der Waals surface area (Å²) in [4.78, 5) is 27.5. The first-order valence-corrected chi connectivity index (χ1v) is 9.24. The van der Waals surface area contributed by atoms with E-state index in [0.717, 1.165) is 24.4 Å². The van der Waals surface area contributed by atoms with Crippen LogP contribution in [0.5, 0.6) is 0 Å². The van der Waals surface area contributed by atoms with Crippen molar-refractivity contribution in [3.63, 3.8) is 0 Å². The van der Waals surface area contributed by atoms with Crippen LogP contribution in [0.1, 0.15) is 16.8 Å². The van der Waals surface area contributed by atoms with Crippen molar-refractivity contribution in [2.45, 2.75) is 11.3 Å². The van der Waals surface area contributed by atoms with Gasteiger partial charge in [0.05, 0.1) is 12.2 Å². The van der Waals surface area contributed by atoms with Crippen molar-refractivity contribution in [1.29, 1.82) is 0 Å². The Hall–Kier alpha value is -2.47. The SMILES string of the molecule is CNC(=O)c1cccc(NC(=O)CN2CCCSc3ccccc32)c1. The molecule has 0 saturated carbocycles. The Morgan fingerprint density at radius 2 is 2.00 bits per heavy atom. The molecule has 25 heavy (non-hydrogen) atoms. The molecule has 0 atom stereocenters. The molecule has 2 amide bonds. The molecule has 2 N–H and O–H groups in total. The molecule has 130 valence electrons. The highest BCUT2D eigenvalue weighted by atomic mass is 32.2. The van der Waals surface area contributed by atoms with Crippen LogP contribution in [0.2, 0.25) is 0 Å². The lowest BCUT2D eigenvalue weighted by Gasteiger charge is -2.23. The molecule has 1 aliphatic rings. The van der Waals surface area contributed by atoms with Crippen LogP contribution in [0, 0.1) is 0 Å². The highest BCUT2D eigenvalue weighted by Crippen LogP contribution is 2.33. The molecular formula is C19H21N3O2S. The molecule has 5 nitrogen and oxygen atoms in total. The zero-order valence-electron chi connectivity index (χ0n) is 14.1. The number of rotatable bonds is 4. The van der Waals surface area contributed by atoms with E-state index < -0.39 is 0 Å². The highest BCUT2D eigenvalue weighted by Gasteiger charge is 2.18. The van der Waals surface area contributed by atoms with Gasteiger partial charge >= 0.3 is 0 Å². The topological polar surface area (TPSA) is 61.4 Å². The number of para-hydroxylation sites is 1. The summed E-state index contributed by atoms with van der Waals surface area (Å²) in [7, 11) is 1.59. The van der Waals surface area contributed by atoms with Crippen LogP contribution in [0.15, 0.2) is 53.4 Å². The van der Waals surface area contributed by atoms with E-state index >= 15 is 0 Å². The average molecular weight is 355 g/mol. The van der Waals surface area contributed by atoms with Gasteiger partial charge in [0.1, 0.15) is 0 Å². The number of thioether (sulfide) groups is 1. The second-order valence-electron chi connectivity index (χ2n) is 5.80. The minimum atomic E-state index is -0.172. The van der Waals surface area contributed by atoms with E-state index in [-0.39, 0.29) is 11.8 Å². The molecule has 1 aliphatic heterocycles. The monoisotopic (exact) mass is 355 g/mol. The van der Waals surface area contributed by atoms with Crippen LogP contribution in [-0.4, -0.2) is 37.7 Å². The van der Waals surface area contributed by atoms with E-state index in [9.17, 15) is 9.59 Å². The molecule has 0 saturated heterocycles. The molecule has 1 heterocycles. The van der Waals surface area contributed by atoms with Crippen molar-refractivity contribution >= 4 is 35.0 Å². The Morgan fingerprint density at radius 3 is 2.84 bits per heavy atom. The molecule has 0 aliphatic carbocycles. The summed E-state index contributed by atoms with van der Waals surface area (Å²) in [5.74, 6) is 0.800. The fourth-order valence-corrected chi connectivity index (χ4v) is 3.83. The van der Waals surface area contributed by atoms with Gasteiger partial charge in [0.25, 0.3) is 5.91 Å². The maximum absolute atomic E-state index is 12.5. The van der Waals surface area contributed by atoms with Crippen molar-refractivity contribution in [2.75, 3.05) is 36.1 Å². The van der Waals surface area contributed by atoms with Crippen LogP contribution in [0.4, 0.5) is 11.4 Å². The third-order valence-electron chi connectivity index (χ3n) is 4.01. The van der Waals surface area contributed by atoms with Crippen LogP contribution >= 0.6 is 11.8 Å². The second kappa shape index (κ2) is 8.07. The fourth-order valence-electron chi connectivity index (χ4n) is 2.82. The molecule has 0 bridgehead atoms. The number of fused-ring (bicyclic) bond motifs is 1. The Balaban J connectivity index is 1.70. The van der Waals surface area contributed by atoms with Gasteiger partial charge in [-0.1, -0.05) is 18.2 Å². The largest absolute Gasteiger partial charge is 0.361 e. The first-order valence-electron chi connectivity index (χ1n) is 8.26. The lowest BCUT2D eigenvalue weighted by molar-refractivity contribution is -0.115. The Kier molecular flexibility index (Phi) is 5.60. The molecule has 0 fully saturated rings. The fraction of sp³-hybridized carbons (Fsp3) is 0.263. The minimum absolute atomic E-state index is 0.0873. The lowest BCUT2D eigenvalue weighted by atomic mass is 10.2. The van der Waals surface area contributed by atoms with Crippen LogP contribution in [0.25, 0.3) is 0 Å². The number of anilines is 2. The van der Waals surface area contributed by atoms with Crippen molar-refractivity contribution < 1.29 is 9.59 Å². The van der Waals surface area contributed by atoms with Gasteiger partial charge in [-0.3, -0.25) is 9.59 Å². The van der Waals surface area contributed by atoms with E-state index in [1.165, 1.54) is 4.90 Å². The summed E-state index contributed by atoms with van der Waals surface area (Å²) in [5.41, 5.74) is 2.26. The molecule has 0 spiro atoms. The van der Waals surface area contributed by atoms with E-state index in [0.29, 0.717) is 17.8 Å². The van der Waals surface area contributed by atoms with Gasteiger partial charge in [-0.2, -0.15) is 0 Å². The molecule has 0 radical (unpaired) electrons. The number of hydrogen-bond acceptors (Lipinski definition) is 4. The Morgan fingerprint density at radius 1 is 1.16 bits per heavy atom. The second-order valence-corrected chi connectivity index (χ2v) is 6.94. The number of hydrogen-bond donors (Lipinski definition) is 2. The summed E-state index contributed by atoms with van der Waals surface area (Å²) in [6.45, 7) is 1.15. The van der Waals surface area contributed by atoms with E-state index in [1.54, 1.807) is 31.3 Å². The predicted molar refractivity (Wildman–Crippen MR) is 102 cm³/mol. The number of carbonyl (C=O) groups excluding carboxylic acids is 2. The predicted octanol–water partition coefficient (Wildman–Crippen LogP) is 2.99. The lowest BCUT2D eigenvalue weighted by Crippen LogP contribution is -2.34. The third-order valence-corrected chi connectivity index (χ3v) is 5.15. The number of carbonyl (C=O) groups is 2. The molecule has 0 unspecified atom stereocenters. The molecule has 2 aromatic carbocycles. The minimum Gasteiger partial charge on any atom is -0.361 e. The summed E-state index contributed by atoms with van der Waals surface area (Å²) < 4.78 is 0. The molecule has 6 heteroatoms. The van der Waals surface area contributed by atoms with Crippen LogP contribution in [-0.2, 0) is 4.79 Å². The molecular weight excluding hydrogens is 334 g/mol. The number of amides is 2. The number of benzene rings is 2. The van der Waals surface area contributed by atoms with E-state index in [4.69, 9.17) is 0 Å². The quantitative estimate of drug-likeness (QED) is 0.885. The van der Waals surface area contributed by atoms with E-state index in [1.807, 2.05) is 23.9 Å². The summed E-state index contributed by atoms with van der Waals surface area (Å²) in [5, 5.41) is 5.48. The maximum Gasteiger partial charge on any atom is 0.251 e. The first-order chi connectivity index (χ1) is 12.2. The van der Waals surface area contributed by atoms with Gasteiger partial charge in [0.15, 0.2) is 0 Å². The summed E-state index contributed by atoms with van der Waals surface area (Å²) in [6.07, 6.45) is 1.04. The number of nitrogens with zero attached hydrogens (tertiary/aromatic N) is 1. The molecule has 0 aromatic heterocycles. The standard InChI is InChI=1S/C19H21N3O2S/c1-20-19(24)14-6-4-7-15(12-14)21-18(23)13-22-10-5-11-25-17-9-3-2-8-16(17)22/h2-4,6-9,12H,5,10-11,13H2,1H3,(H,20,24)(H,21,23). The van der Waals surface area contributed by atoms with Crippen molar-refractivity contribution in [2.24, 2.45) is 0 Å². The van der Waals surface area contributed by atoms with Crippen molar-refractivity contribution in [3.8, 4) is 0 Å². The zero-order chi connectivity index (χ0) is 17.6. The van der Waals surface area contributed by atoms with Crippen molar-refractivity contribution in [3.05, 3.63) is 54.1 Å². The molecule has 2 aromatic rings. The Labute approximate surface area is 151 Å². The average Bonchev–Trinajstić information content (AvgIpc) is 2.83. The highest BCUT2D eigenvalue weighted by molar-refractivity contribution is 7.99. The van der Waals surface area contributed by atoms with Gasteiger partial charge in [-0.15, -0.1) is 11.8 Å². The first kappa shape index (κ1) is 17.4. The summed E-state index contributed by atoms with van der Waals surface area (Å²) >= 11 is 1.83. The Bertz CT molecular complexity index is 779. The van der Waals surface area contributed by atoms with Crippen LogP contribution in [0.3, 0.4) is 0 Å². The normalized spacial score (nSPS) is 13.6. The zero-order valence-corrected chi connectivity index (χ0v) is 14.9. The van der Waals surface area contributed by atoms with Gasteiger partial charge in [-0.05, 0) is 42.5 Å². The van der Waals surface area contributed by atoms with Crippen molar-refractivity contribution in [1.82, 2.24) is 5.32 Å². The van der Waals surface area contributed by atoms with E-state index in [2.05, 4.69) is 27.7 Å². The molecule has 3 rings (SSSR count). The van der Waals surface area contributed by atoms with Gasteiger partial charge in [-0.25, -0.2) is 0 Å². The smallest absolute Gasteiger partial charge is 0.251 e. The van der Waals surface area contributed by atoms with Gasteiger partial charge < -0.3 is 15.5 Å². The maximum atomic E-state index is 12.5. The van der Waals surface area contributed by atoms with Crippen LogP contribution < -0.4 is 15.5 Å². The van der Waals surface area contributed by atoms with Gasteiger partial charge in [0.2, 0.25) is 5.91 Å². The summed E-state index contributed by atoms with van der Waals surface area (Å²) in [6, 6.07) is 15.1. The third kappa shape index (κ3) is 4.33.